The zero-order valence-corrected chi connectivity index (χ0v) is 12.6. The van der Waals surface area contributed by atoms with E-state index in [-0.39, 0.29) is 6.61 Å². The lowest BCUT2D eigenvalue weighted by atomic mass is 10.2. The number of carbonyl (C=O) groups is 1. The van der Waals surface area contributed by atoms with Crippen molar-refractivity contribution in [3.63, 3.8) is 0 Å². The van der Waals surface area contributed by atoms with Gasteiger partial charge in [0.15, 0.2) is 5.58 Å². The van der Waals surface area contributed by atoms with Gasteiger partial charge in [-0.3, -0.25) is 0 Å². The Hall–Kier alpha value is -3.08. The van der Waals surface area contributed by atoms with Gasteiger partial charge in [-0.1, -0.05) is 12.7 Å². The molecule has 5 nitrogen and oxygen atoms in total. The minimum absolute atomic E-state index is 0.173. The predicted octanol–water partition coefficient (Wildman–Crippen LogP) is 3.85. The topological polar surface area (TPSA) is 61.6 Å². The number of hydrogen-bond acceptors (Lipinski definition) is 5. The van der Waals surface area contributed by atoms with Crippen molar-refractivity contribution in [3.05, 3.63) is 60.7 Å². The Bertz CT molecular complexity index is 849. The smallest absolute Gasteiger partial charge is 0.338 e. The number of rotatable bonds is 5. The van der Waals surface area contributed by atoms with Crippen molar-refractivity contribution in [2.24, 2.45) is 0 Å². The van der Waals surface area contributed by atoms with Crippen LogP contribution >= 0.6 is 0 Å². The van der Waals surface area contributed by atoms with Gasteiger partial charge in [0.05, 0.1) is 12.7 Å². The van der Waals surface area contributed by atoms with Gasteiger partial charge in [-0.15, -0.1) is 0 Å². The number of benzene rings is 2. The van der Waals surface area contributed by atoms with E-state index in [1.807, 2.05) is 24.3 Å². The summed E-state index contributed by atoms with van der Waals surface area (Å²) >= 11 is 0. The Labute approximate surface area is 133 Å². The van der Waals surface area contributed by atoms with Crippen molar-refractivity contribution in [2.75, 3.05) is 13.7 Å². The second-order valence-corrected chi connectivity index (χ2v) is 4.82. The highest BCUT2D eigenvalue weighted by Crippen LogP contribution is 2.26. The quantitative estimate of drug-likeness (QED) is 0.529. The molecule has 3 rings (SSSR count). The Morgan fingerprint density at radius 2 is 2.04 bits per heavy atom. The lowest BCUT2D eigenvalue weighted by Gasteiger charge is -2.00. The van der Waals surface area contributed by atoms with E-state index >= 15 is 0 Å². The molecule has 0 saturated heterocycles. The average molecular weight is 309 g/mol. The molecule has 0 radical (unpaired) electrons. The molecule has 5 heteroatoms. The maximum Gasteiger partial charge on any atom is 0.338 e. The Balaban J connectivity index is 1.92. The van der Waals surface area contributed by atoms with Gasteiger partial charge < -0.3 is 13.9 Å². The first kappa shape index (κ1) is 14.8. The van der Waals surface area contributed by atoms with Crippen molar-refractivity contribution in [2.45, 2.75) is 0 Å². The summed E-state index contributed by atoms with van der Waals surface area (Å²) in [5.41, 5.74) is 2.46. The molecule has 116 valence electrons. The van der Waals surface area contributed by atoms with Crippen molar-refractivity contribution < 1.29 is 18.7 Å². The maximum absolute atomic E-state index is 11.9. The van der Waals surface area contributed by atoms with Crippen LogP contribution in [0.2, 0.25) is 0 Å². The van der Waals surface area contributed by atoms with Crippen molar-refractivity contribution in [1.29, 1.82) is 0 Å². The zero-order valence-electron chi connectivity index (χ0n) is 12.6. The first-order chi connectivity index (χ1) is 11.2. The molecule has 0 atom stereocenters. The second-order valence-electron chi connectivity index (χ2n) is 4.82. The Morgan fingerprint density at radius 3 is 2.74 bits per heavy atom. The molecular weight excluding hydrogens is 294 g/mol. The van der Waals surface area contributed by atoms with Crippen LogP contribution in [0, 0.1) is 0 Å². The molecule has 0 unspecified atom stereocenters. The van der Waals surface area contributed by atoms with Crippen LogP contribution < -0.4 is 4.74 Å². The first-order valence-electron chi connectivity index (χ1n) is 7.04. The van der Waals surface area contributed by atoms with E-state index in [0.717, 1.165) is 11.3 Å². The molecule has 23 heavy (non-hydrogen) atoms. The summed E-state index contributed by atoms with van der Waals surface area (Å²) in [5, 5.41) is 0. The Morgan fingerprint density at radius 1 is 1.26 bits per heavy atom. The number of aromatic nitrogens is 1. The normalized spacial score (nSPS) is 10.5. The van der Waals surface area contributed by atoms with Crippen molar-refractivity contribution >= 4 is 17.1 Å². The fourth-order valence-corrected chi connectivity index (χ4v) is 2.13. The molecule has 0 N–H and O–H groups in total. The highest BCUT2D eigenvalue weighted by molar-refractivity contribution is 5.93. The lowest BCUT2D eigenvalue weighted by molar-refractivity contribution is 0.0550. The number of hydrogen-bond donors (Lipinski definition) is 0. The van der Waals surface area contributed by atoms with Crippen LogP contribution in [0.1, 0.15) is 10.4 Å². The van der Waals surface area contributed by atoms with E-state index in [4.69, 9.17) is 13.9 Å². The largest absolute Gasteiger partial charge is 0.497 e. The van der Waals surface area contributed by atoms with E-state index in [9.17, 15) is 4.79 Å². The summed E-state index contributed by atoms with van der Waals surface area (Å²) in [4.78, 5) is 16.3. The zero-order chi connectivity index (χ0) is 16.2. The molecule has 0 spiro atoms. The maximum atomic E-state index is 11.9. The third-order valence-corrected chi connectivity index (χ3v) is 3.29. The van der Waals surface area contributed by atoms with Gasteiger partial charge in [0.2, 0.25) is 5.89 Å². The minimum atomic E-state index is -0.416. The summed E-state index contributed by atoms with van der Waals surface area (Å²) in [6.45, 7) is 3.69. The minimum Gasteiger partial charge on any atom is -0.497 e. The molecule has 0 bridgehead atoms. The van der Waals surface area contributed by atoms with E-state index in [1.165, 1.54) is 6.08 Å². The third-order valence-electron chi connectivity index (χ3n) is 3.29. The molecule has 1 heterocycles. The van der Waals surface area contributed by atoms with Crippen LogP contribution in [-0.2, 0) is 4.74 Å². The van der Waals surface area contributed by atoms with Crippen molar-refractivity contribution in [3.8, 4) is 17.2 Å². The number of nitrogens with zero attached hydrogens (tertiary/aromatic N) is 1. The van der Waals surface area contributed by atoms with Crippen LogP contribution in [-0.4, -0.2) is 24.7 Å². The summed E-state index contributed by atoms with van der Waals surface area (Å²) < 4.78 is 15.9. The molecule has 0 saturated carbocycles. The van der Waals surface area contributed by atoms with Gasteiger partial charge in [-0.2, -0.15) is 0 Å². The number of oxazole rings is 1. The standard InChI is InChI=1S/C18H15NO4/c1-3-10-22-18(20)13-6-9-16-15(11-13)19-17(23-16)12-4-7-14(21-2)8-5-12/h3-9,11H,1,10H2,2H3. The average Bonchev–Trinajstić information content (AvgIpc) is 3.02. The van der Waals surface area contributed by atoms with Crippen LogP contribution in [0.4, 0.5) is 0 Å². The summed E-state index contributed by atoms with van der Waals surface area (Å²) in [5.74, 6) is 0.831. The van der Waals surface area contributed by atoms with Gasteiger partial charge in [0.25, 0.3) is 0 Å². The van der Waals surface area contributed by atoms with Crippen LogP contribution in [0.5, 0.6) is 5.75 Å². The predicted molar refractivity (Wildman–Crippen MR) is 86.5 cm³/mol. The molecule has 1 aromatic heterocycles. The van der Waals surface area contributed by atoms with E-state index < -0.39 is 5.97 Å². The number of methoxy groups -OCH3 is 1. The van der Waals surface area contributed by atoms with E-state index in [2.05, 4.69) is 11.6 Å². The summed E-state index contributed by atoms with van der Waals surface area (Å²) in [7, 11) is 1.61. The Kier molecular flexibility index (Phi) is 4.10. The SMILES string of the molecule is C=CCOC(=O)c1ccc2oc(-c3ccc(OC)cc3)nc2c1. The molecule has 0 fully saturated rings. The monoisotopic (exact) mass is 309 g/mol. The van der Waals surface area contributed by atoms with Gasteiger partial charge >= 0.3 is 5.97 Å². The summed E-state index contributed by atoms with van der Waals surface area (Å²) in [6.07, 6.45) is 1.52. The number of fused-ring (bicyclic) bond motifs is 1. The second kappa shape index (κ2) is 6.36. The fraction of sp³-hybridized carbons (Fsp3) is 0.111. The van der Waals surface area contributed by atoms with Crippen LogP contribution in [0.3, 0.4) is 0 Å². The van der Waals surface area contributed by atoms with Gasteiger partial charge in [0.1, 0.15) is 17.9 Å². The molecule has 0 amide bonds. The molecule has 0 aliphatic heterocycles. The first-order valence-corrected chi connectivity index (χ1v) is 7.04. The van der Waals surface area contributed by atoms with Gasteiger partial charge in [-0.05, 0) is 42.5 Å². The van der Waals surface area contributed by atoms with Gasteiger partial charge in [-0.25, -0.2) is 9.78 Å². The molecule has 3 aromatic rings. The van der Waals surface area contributed by atoms with E-state index in [0.29, 0.717) is 22.6 Å². The van der Waals surface area contributed by atoms with Crippen LogP contribution in [0.25, 0.3) is 22.6 Å². The third kappa shape index (κ3) is 3.08. The molecule has 2 aromatic carbocycles. The molecule has 0 aliphatic rings. The molecule has 0 aliphatic carbocycles. The van der Waals surface area contributed by atoms with Gasteiger partial charge in [0, 0.05) is 5.56 Å². The number of esters is 1. The van der Waals surface area contributed by atoms with Crippen molar-refractivity contribution in [1.82, 2.24) is 4.98 Å². The highest BCUT2D eigenvalue weighted by Gasteiger charge is 2.12. The van der Waals surface area contributed by atoms with E-state index in [1.54, 1.807) is 25.3 Å². The number of carbonyl (C=O) groups excluding carboxylic acids is 1. The number of ether oxygens (including phenoxy) is 2. The summed E-state index contributed by atoms with van der Waals surface area (Å²) in [6, 6.07) is 12.4. The lowest BCUT2D eigenvalue weighted by Crippen LogP contribution is -2.04. The molecular formula is C18H15NO4. The highest BCUT2D eigenvalue weighted by atomic mass is 16.5. The fourth-order valence-electron chi connectivity index (χ4n) is 2.13. The van der Waals surface area contributed by atoms with Crippen LogP contribution in [0.15, 0.2) is 59.5 Å².